The first-order valence-electron chi connectivity index (χ1n) is 10.2. The number of hydrogen-bond acceptors (Lipinski definition) is 3. The van der Waals surface area contributed by atoms with Crippen LogP contribution in [0.25, 0.3) is 0 Å². The number of rotatable bonds is 4. The zero-order chi connectivity index (χ0) is 19.5. The summed E-state index contributed by atoms with van der Waals surface area (Å²) in [6, 6.07) is 17.5. The molecule has 0 fully saturated rings. The summed E-state index contributed by atoms with van der Waals surface area (Å²) in [5.74, 6) is 0.209. The Kier molecular flexibility index (Phi) is 5.29. The quantitative estimate of drug-likeness (QED) is 0.781. The van der Waals surface area contributed by atoms with Crippen LogP contribution in [0.4, 0.5) is 11.4 Å². The molecule has 144 valence electrons. The fourth-order valence-electron chi connectivity index (χ4n) is 4.21. The molecule has 0 aromatic heterocycles. The fourth-order valence-corrected chi connectivity index (χ4v) is 4.21. The third-order valence-electron chi connectivity index (χ3n) is 5.57. The largest absolute Gasteiger partial charge is 0.357 e. The predicted octanol–water partition coefficient (Wildman–Crippen LogP) is 5.38. The van der Waals surface area contributed by atoms with Crippen LogP contribution in [0.2, 0.25) is 0 Å². The van der Waals surface area contributed by atoms with Gasteiger partial charge in [-0.15, -0.1) is 0 Å². The lowest BCUT2D eigenvalue weighted by molar-refractivity contribution is -0.119. The van der Waals surface area contributed by atoms with Gasteiger partial charge in [0, 0.05) is 24.1 Å². The lowest BCUT2D eigenvalue weighted by Gasteiger charge is -2.34. The van der Waals surface area contributed by atoms with Crippen molar-refractivity contribution in [2.24, 2.45) is 0 Å². The first kappa shape index (κ1) is 18.5. The number of benzene rings is 2. The smallest absolute Gasteiger partial charge is 0.227 e. The number of unbranched alkanes of at least 4 members (excludes halogenated alkanes) is 1. The first-order chi connectivity index (χ1) is 13.7. The van der Waals surface area contributed by atoms with Gasteiger partial charge in [-0.25, -0.2) is 0 Å². The molecule has 1 amide bonds. The van der Waals surface area contributed by atoms with Gasteiger partial charge in [0.2, 0.25) is 5.91 Å². The van der Waals surface area contributed by atoms with Gasteiger partial charge >= 0.3 is 0 Å². The minimum Gasteiger partial charge on any atom is -0.357 e. The van der Waals surface area contributed by atoms with Gasteiger partial charge in [0.25, 0.3) is 0 Å². The lowest BCUT2D eigenvalue weighted by Crippen LogP contribution is -2.37. The van der Waals surface area contributed by atoms with Crippen LogP contribution in [0.5, 0.6) is 0 Å². The summed E-state index contributed by atoms with van der Waals surface area (Å²) in [7, 11) is 0. The molecule has 2 aromatic carbocycles. The van der Waals surface area contributed by atoms with Crippen LogP contribution in [-0.2, 0) is 9.59 Å². The zero-order valence-corrected chi connectivity index (χ0v) is 16.3. The molecule has 4 rings (SSSR count). The summed E-state index contributed by atoms with van der Waals surface area (Å²) >= 11 is 0. The number of carbonyl (C=O) groups is 2. The second kappa shape index (κ2) is 8.01. The van der Waals surface area contributed by atoms with Crippen LogP contribution in [-0.4, -0.2) is 11.7 Å². The number of hydrogen-bond donors (Lipinski definition) is 1. The van der Waals surface area contributed by atoms with Crippen LogP contribution in [0, 0.1) is 0 Å². The van der Waals surface area contributed by atoms with Gasteiger partial charge in [-0.05, 0) is 37.0 Å². The summed E-state index contributed by atoms with van der Waals surface area (Å²) in [5.41, 5.74) is 4.43. The molecule has 0 spiro atoms. The summed E-state index contributed by atoms with van der Waals surface area (Å²) in [6.45, 7) is 2.09. The van der Waals surface area contributed by atoms with Crippen LogP contribution >= 0.6 is 0 Å². The number of para-hydroxylation sites is 2. The molecular weight excluding hydrogens is 348 g/mol. The van der Waals surface area contributed by atoms with Crippen molar-refractivity contribution in [3.8, 4) is 0 Å². The Morgan fingerprint density at radius 1 is 1.07 bits per heavy atom. The minimum atomic E-state index is -0.385. The Labute approximate surface area is 166 Å². The predicted molar refractivity (Wildman–Crippen MR) is 112 cm³/mol. The van der Waals surface area contributed by atoms with E-state index in [0.717, 1.165) is 53.9 Å². The van der Waals surface area contributed by atoms with Crippen molar-refractivity contribution in [1.82, 2.24) is 0 Å². The van der Waals surface area contributed by atoms with Gasteiger partial charge in [0.15, 0.2) is 5.78 Å². The van der Waals surface area contributed by atoms with E-state index in [1.807, 2.05) is 59.5 Å². The van der Waals surface area contributed by atoms with E-state index in [2.05, 4.69) is 12.2 Å². The van der Waals surface area contributed by atoms with Crippen LogP contribution < -0.4 is 10.2 Å². The van der Waals surface area contributed by atoms with E-state index in [4.69, 9.17) is 0 Å². The Bertz CT molecular complexity index is 917. The number of nitrogens with one attached hydrogen (secondary N) is 1. The SMILES string of the molecule is CCCCC(=O)N1c2ccccc2NC2=C(C(=O)CCC2)C1c1ccccc1. The van der Waals surface area contributed by atoms with Crippen LogP contribution in [0.1, 0.15) is 57.1 Å². The lowest BCUT2D eigenvalue weighted by atomic mass is 9.85. The summed E-state index contributed by atoms with van der Waals surface area (Å²) in [6.07, 6.45) is 4.49. The van der Waals surface area contributed by atoms with Crippen molar-refractivity contribution in [3.05, 3.63) is 71.4 Å². The summed E-state index contributed by atoms with van der Waals surface area (Å²) in [5, 5.41) is 3.50. The third kappa shape index (κ3) is 3.35. The summed E-state index contributed by atoms with van der Waals surface area (Å²) in [4.78, 5) is 28.3. The first-order valence-corrected chi connectivity index (χ1v) is 10.2. The number of amides is 1. The van der Waals surface area contributed by atoms with Crippen molar-refractivity contribution in [1.29, 1.82) is 0 Å². The highest BCUT2D eigenvalue weighted by Crippen LogP contribution is 2.44. The van der Waals surface area contributed by atoms with E-state index in [0.29, 0.717) is 12.8 Å². The van der Waals surface area contributed by atoms with Gasteiger partial charge in [0.05, 0.1) is 17.4 Å². The van der Waals surface area contributed by atoms with E-state index >= 15 is 0 Å². The number of nitrogens with zero attached hydrogens (tertiary/aromatic N) is 1. The monoisotopic (exact) mass is 374 g/mol. The molecule has 2 aliphatic rings. The highest BCUT2D eigenvalue weighted by atomic mass is 16.2. The molecule has 28 heavy (non-hydrogen) atoms. The van der Waals surface area contributed by atoms with Crippen LogP contribution in [0.3, 0.4) is 0 Å². The number of Topliss-reactive ketones (excluding diaryl/α,β-unsaturated/α-hetero) is 1. The van der Waals surface area contributed by atoms with E-state index < -0.39 is 0 Å². The highest BCUT2D eigenvalue weighted by molar-refractivity contribution is 6.06. The molecule has 1 atom stereocenters. The Balaban J connectivity index is 1.94. The number of anilines is 2. The van der Waals surface area contributed by atoms with Gasteiger partial charge in [0.1, 0.15) is 0 Å². The number of ketones is 1. The average Bonchev–Trinajstić information content (AvgIpc) is 2.87. The molecule has 4 heteroatoms. The molecule has 1 aliphatic carbocycles. The van der Waals surface area contributed by atoms with Gasteiger partial charge in [-0.1, -0.05) is 55.8 Å². The maximum absolute atomic E-state index is 13.4. The van der Waals surface area contributed by atoms with E-state index in [1.54, 1.807) is 0 Å². The fraction of sp³-hybridized carbons (Fsp3) is 0.333. The standard InChI is InChI=1S/C24H26N2O2/c1-2-3-16-22(28)26-20-14-8-7-12-18(20)25-19-13-9-15-21(27)23(19)24(26)17-10-5-4-6-11-17/h4-8,10-12,14,24-25H,2-3,9,13,15-16H2,1H3. The number of carbonyl (C=O) groups excluding carboxylic acids is 2. The second-order valence-electron chi connectivity index (χ2n) is 7.49. The molecule has 1 aliphatic heterocycles. The maximum atomic E-state index is 13.4. The Morgan fingerprint density at radius 2 is 1.82 bits per heavy atom. The molecule has 0 saturated heterocycles. The van der Waals surface area contributed by atoms with E-state index in [-0.39, 0.29) is 17.7 Å². The third-order valence-corrected chi connectivity index (χ3v) is 5.57. The minimum absolute atomic E-state index is 0.0667. The van der Waals surface area contributed by atoms with Crippen molar-refractivity contribution in [2.75, 3.05) is 10.2 Å². The Hall–Kier alpha value is -2.88. The zero-order valence-electron chi connectivity index (χ0n) is 16.3. The molecule has 1 unspecified atom stereocenters. The van der Waals surface area contributed by atoms with Crippen molar-refractivity contribution < 1.29 is 9.59 Å². The normalized spacial score (nSPS) is 18.8. The molecule has 0 bridgehead atoms. The van der Waals surface area contributed by atoms with E-state index in [9.17, 15) is 9.59 Å². The average molecular weight is 374 g/mol. The maximum Gasteiger partial charge on any atom is 0.227 e. The van der Waals surface area contributed by atoms with Gasteiger partial charge < -0.3 is 5.32 Å². The molecule has 0 radical (unpaired) electrons. The van der Waals surface area contributed by atoms with Crippen LogP contribution in [0.15, 0.2) is 65.9 Å². The molecular formula is C24H26N2O2. The summed E-state index contributed by atoms with van der Waals surface area (Å²) < 4.78 is 0. The number of fused-ring (bicyclic) bond motifs is 1. The van der Waals surface area contributed by atoms with E-state index in [1.165, 1.54) is 0 Å². The molecule has 0 saturated carbocycles. The molecule has 1 N–H and O–H groups in total. The second-order valence-corrected chi connectivity index (χ2v) is 7.49. The number of allylic oxidation sites excluding steroid dienone is 1. The molecule has 1 heterocycles. The van der Waals surface area contributed by atoms with Gasteiger partial charge in [-0.3, -0.25) is 14.5 Å². The molecule has 2 aromatic rings. The topological polar surface area (TPSA) is 49.4 Å². The van der Waals surface area contributed by atoms with Crippen molar-refractivity contribution >= 4 is 23.1 Å². The van der Waals surface area contributed by atoms with Gasteiger partial charge in [-0.2, -0.15) is 0 Å². The van der Waals surface area contributed by atoms with Crippen molar-refractivity contribution in [2.45, 2.75) is 51.5 Å². The Morgan fingerprint density at radius 3 is 2.61 bits per heavy atom. The highest BCUT2D eigenvalue weighted by Gasteiger charge is 2.38. The van der Waals surface area contributed by atoms with Crippen molar-refractivity contribution in [3.63, 3.8) is 0 Å². The molecule has 4 nitrogen and oxygen atoms in total.